The standard InChI is InChI=1S/C29H29N2.C28H27N2.C26H25N2/c1-18-7-10-21(11-8-18)22-13-14-31(6)27(16-22)24-17-26-25(15-19(24)2)23-12-9-20(3)30-28(23)29(26,4)5;1-18-15-24-22-12-11-19(2)29-27(22)28(3,4)25(24)17-23(18)26-16-21(13-14-30(26)5)20-9-7-6-8-10-20;1-16-12-23-22(20-11-10-17(2)27-25(20)26(23,3)4)14-21(16)24-13-18-8-6-7-9-19(18)15-28(24)5/h7-17H,1-6H3;6-17H,1-5H3;6-15H,1-5H3/q3*+1. The fourth-order valence-electron chi connectivity index (χ4n) is 14.3. The van der Waals surface area contributed by atoms with Gasteiger partial charge in [0.15, 0.2) is 18.6 Å². The normalized spacial score (nSPS) is 13.9. The molecule has 6 aromatic carbocycles. The molecule has 15 rings (SSSR count). The van der Waals surface area contributed by atoms with Gasteiger partial charge < -0.3 is 0 Å². The summed E-state index contributed by atoms with van der Waals surface area (Å²) in [5.74, 6) is 0. The molecule has 0 bridgehead atoms. The maximum absolute atomic E-state index is 4.93. The van der Waals surface area contributed by atoms with Crippen molar-refractivity contribution < 1.29 is 13.7 Å². The first-order valence-corrected chi connectivity index (χ1v) is 31.4. The molecule has 0 saturated heterocycles. The van der Waals surface area contributed by atoms with E-state index in [1.54, 1.807) is 0 Å². The van der Waals surface area contributed by atoms with Gasteiger partial charge in [0.05, 0.1) is 17.1 Å². The third kappa shape index (κ3) is 10.2. The van der Waals surface area contributed by atoms with Crippen molar-refractivity contribution in [3.05, 3.63) is 274 Å². The van der Waals surface area contributed by atoms with Crippen LogP contribution in [0.3, 0.4) is 0 Å². The highest BCUT2D eigenvalue weighted by Crippen LogP contribution is 2.52. The van der Waals surface area contributed by atoms with Crippen LogP contribution in [-0.2, 0) is 37.4 Å². The molecule has 6 heteroatoms. The molecule has 0 unspecified atom stereocenters. The molecule has 0 fully saturated rings. The lowest BCUT2D eigenvalue weighted by Gasteiger charge is -2.21. The van der Waals surface area contributed by atoms with Crippen molar-refractivity contribution in [2.45, 2.75) is 106 Å². The van der Waals surface area contributed by atoms with Crippen LogP contribution in [0.4, 0.5) is 0 Å². The number of fused-ring (bicyclic) bond motifs is 10. The van der Waals surface area contributed by atoms with Gasteiger partial charge >= 0.3 is 0 Å². The van der Waals surface area contributed by atoms with Crippen LogP contribution in [0.1, 0.15) is 115 Å². The van der Waals surface area contributed by atoms with Gasteiger partial charge in [-0.05, 0) is 169 Å². The first kappa shape index (κ1) is 58.5. The van der Waals surface area contributed by atoms with E-state index < -0.39 is 0 Å². The van der Waals surface area contributed by atoms with E-state index in [1.165, 1.54) is 156 Å². The van der Waals surface area contributed by atoms with Gasteiger partial charge in [0.25, 0.3) is 0 Å². The van der Waals surface area contributed by atoms with Crippen molar-refractivity contribution in [2.75, 3.05) is 0 Å². The van der Waals surface area contributed by atoms with Crippen LogP contribution in [0.25, 0.3) is 100 Å². The Morgan fingerprint density at radius 1 is 0.292 bits per heavy atom. The molecular weight excluding hydrogens is 1080 g/mol. The van der Waals surface area contributed by atoms with E-state index in [4.69, 9.17) is 15.0 Å². The Morgan fingerprint density at radius 3 is 1.15 bits per heavy atom. The van der Waals surface area contributed by atoms with Crippen molar-refractivity contribution in [3.63, 3.8) is 0 Å². The van der Waals surface area contributed by atoms with Crippen LogP contribution in [-0.4, -0.2) is 15.0 Å². The van der Waals surface area contributed by atoms with Gasteiger partial charge in [-0.3, -0.25) is 15.0 Å². The van der Waals surface area contributed by atoms with Crippen molar-refractivity contribution in [3.8, 4) is 89.4 Å². The largest absolute Gasteiger partial charge is 0.257 e. The molecule has 6 nitrogen and oxygen atoms in total. The maximum atomic E-state index is 4.93. The number of aromatic nitrogens is 6. The fourth-order valence-corrected chi connectivity index (χ4v) is 14.3. The van der Waals surface area contributed by atoms with E-state index in [1.807, 2.05) is 0 Å². The molecule has 0 saturated carbocycles. The highest BCUT2D eigenvalue weighted by molar-refractivity contribution is 5.89. The van der Waals surface area contributed by atoms with Crippen molar-refractivity contribution in [2.24, 2.45) is 21.1 Å². The van der Waals surface area contributed by atoms with Gasteiger partial charge in [0.1, 0.15) is 21.1 Å². The molecule has 0 radical (unpaired) electrons. The molecule has 440 valence electrons. The second-order valence-electron chi connectivity index (χ2n) is 27.0. The number of rotatable bonds is 5. The molecule has 6 heterocycles. The number of nitrogens with zero attached hydrogens (tertiary/aromatic N) is 6. The minimum atomic E-state index is -0.105. The molecule has 0 amide bonds. The highest BCUT2D eigenvalue weighted by Gasteiger charge is 2.41. The van der Waals surface area contributed by atoms with E-state index in [-0.39, 0.29) is 16.2 Å². The number of benzene rings is 6. The van der Waals surface area contributed by atoms with Crippen LogP contribution < -0.4 is 13.7 Å². The van der Waals surface area contributed by atoms with Crippen molar-refractivity contribution in [1.82, 2.24) is 15.0 Å². The third-order valence-electron chi connectivity index (χ3n) is 19.5. The molecular formula is C83H81N6+3. The molecule has 0 N–H and O–H groups in total. The Balaban J connectivity index is 0.000000123. The zero-order chi connectivity index (χ0) is 62.6. The fraction of sp³-hybridized carbons (Fsp3) is 0.229. The molecule has 6 aromatic heterocycles. The summed E-state index contributed by atoms with van der Waals surface area (Å²) in [5.41, 5.74) is 36.1. The SMILES string of the molecule is Cc1ccc(-c2cc[n+](C)c(-c3cc4c(cc3C)-c3ccc(C)nc3C4(C)C)c2)cc1.Cc1ccc2c(n1)C(C)(C)c1cc(-c3cc(-c4ccccc4)cc[n+]3C)c(C)cc1-2.Cc1ccc2c(n1)C(C)(C)c1cc(C)c(-c3cc4ccccc4c[n+]3C)cc1-2. The second-order valence-corrected chi connectivity index (χ2v) is 27.0. The van der Waals surface area contributed by atoms with E-state index >= 15 is 0 Å². The van der Waals surface area contributed by atoms with Crippen LogP contribution >= 0.6 is 0 Å². The quantitative estimate of drug-likeness (QED) is 0.161. The topological polar surface area (TPSA) is 50.3 Å². The Bertz CT molecular complexity index is 4850. The lowest BCUT2D eigenvalue weighted by molar-refractivity contribution is -0.660. The zero-order valence-electron chi connectivity index (χ0n) is 54.7. The van der Waals surface area contributed by atoms with Gasteiger partial charge in [-0.25, -0.2) is 13.7 Å². The molecule has 0 atom stereocenters. The van der Waals surface area contributed by atoms with Crippen LogP contribution in [0.2, 0.25) is 0 Å². The first-order valence-electron chi connectivity index (χ1n) is 31.4. The van der Waals surface area contributed by atoms with E-state index in [9.17, 15) is 0 Å². The summed E-state index contributed by atoms with van der Waals surface area (Å²) in [6.07, 6.45) is 6.55. The zero-order valence-corrected chi connectivity index (χ0v) is 54.7. The van der Waals surface area contributed by atoms with Gasteiger partial charge in [-0.15, -0.1) is 0 Å². The summed E-state index contributed by atoms with van der Waals surface area (Å²) in [6, 6.07) is 66.6. The van der Waals surface area contributed by atoms with Crippen molar-refractivity contribution in [1.29, 1.82) is 0 Å². The lowest BCUT2D eigenvalue weighted by atomic mass is 9.83. The molecule has 0 aliphatic heterocycles. The minimum Gasteiger partial charge on any atom is -0.257 e. The summed E-state index contributed by atoms with van der Waals surface area (Å²) >= 11 is 0. The third-order valence-corrected chi connectivity index (χ3v) is 19.5. The van der Waals surface area contributed by atoms with E-state index in [0.717, 1.165) is 17.1 Å². The number of aryl methyl sites for hydroxylation is 10. The summed E-state index contributed by atoms with van der Waals surface area (Å²) < 4.78 is 6.69. The second kappa shape index (κ2) is 22.0. The van der Waals surface area contributed by atoms with Gasteiger partial charge in [0, 0.05) is 102 Å². The lowest BCUT2D eigenvalue weighted by Crippen LogP contribution is -2.30. The summed E-state index contributed by atoms with van der Waals surface area (Å²) in [4.78, 5) is 14.8. The Kier molecular flexibility index (Phi) is 14.4. The molecule has 3 aliphatic rings. The summed E-state index contributed by atoms with van der Waals surface area (Å²) in [5, 5.41) is 2.53. The summed E-state index contributed by atoms with van der Waals surface area (Å²) in [7, 11) is 6.39. The first-order chi connectivity index (χ1) is 42.5. The highest BCUT2D eigenvalue weighted by atomic mass is 14.9. The van der Waals surface area contributed by atoms with Gasteiger partial charge in [-0.1, -0.05) is 156 Å². The Morgan fingerprint density at radius 2 is 0.674 bits per heavy atom. The maximum Gasteiger partial charge on any atom is 0.213 e. The number of pyridine rings is 6. The molecule has 12 aromatic rings. The van der Waals surface area contributed by atoms with Crippen LogP contribution in [0.15, 0.2) is 201 Å². The number of hydrogen-bond donors (Lipinski definition) is 0. The van der Waals surface area contributed by atoms with Crippen LogP contribution in [0, 0.1) is 48.5 Å². The average Bonchev–Trinajstić information content (AvgIpc) is 1.61. The minimum absolute atomic E-state index is 0.0639. The average molecular weight is 1160 g/mol. The predicted molar refractivity (Wildman–Crippen MR) is 367 cm³/mol. The monoisotopic (exact) mass is 1160 g/mol. The molecule has 3 aliphatic carbocycles. The van der Waals surface area contributed by atoms with Crippen molar-refractivity contribution >= 4 is 10.8 Å². The predicted octanol–water partition coefficient (Wildman–Crippen LogP) is 18.3. The smallest absolute Gasteiger partial charge is 0.213 e. The van der Waals surface area contributed by atoms with Crippen LogP contribution in [0.5, 0.6) is 0 Å². The molecule has 89 heavy (non-hydrogen) atoms. The molecule has 0 spiro atoms. The summed E-state index contributed by atoms with van der Waals surface area (Å²) in [6.45, 7) is 28.8. The Hall–Kier alpha value is -9.52. The van der Waals surface area contributed by atoms with Gasteiger partial charge in [0.2, 0.25) is 17.1 Å². The van der Waals surface area contributed by atoms with E-state index in [0.29, 0.717) is 0 Å². The Labute approximate surface area is 527 Å². The van der Waals surface area contributed by atoms with Gasteiger partial charge in [-0.2, -0.15) is 0 Å². The van der Waals surface area contributed by atoms with E-state index in [2.05, 4.69) is 325 Å². The number of hydrogen-bond acceptors (Lipinski definition) is 3.